The van der Waals surface area contributed by atoms with Gasteiger partial charge in [0, 0.05) is 37.0 Å². The maximum atomic E-state index is 12.4. The van der Waals surface area contributed by atoms with Crippen LogP contribution in [-0.2, 0) is 4.79 Å². The Kier molecular flexibility index (Phi) is 5.71. The maximum absolute atomic E-state index is 12.4. The Morgan fingerprint density at radius 1 is 1.07 bits per heavy atom. The first kappa shape index (κ1) is 18.9. The van der Waals surface area contributed by atoms with Gasteiger partial charge in [-0.05, 0) is 12.1 Å². The molecule has 1 fully saturated rings. The molecule has 150 valence electrons. The zero-order chi connectivity index (χ0) is 20.1. The van der Waals surface area contributed by atoms with Crippen LogP contribution in [0, 0.1) is 0 Å². The van der Waals surface area contributed by atoms with Gasteiger partial charge in [-0.25, -0.2) is 0 Å². The summed E-state index contributed by atoms with van der Waals surface area (Å²) >= 11 is 0. The molecule has 1 amide bonds. The van der Waals surface area contributed by atoms with Crippen LogP contribution in [0.5, 0.6) is 5.75 Å². The van der Waals surface area contributed by atoms with Gasteiger partial charge in [0.15, 0.2) is 5.82 Å². The summed E-state index contributed by atoms with van der Waals surface area (Å²) < 4.78 is 5.46. The third-order valence-electron chi connectivity index (χ3n) is 5.06. The summed E-state index contributed by atoms with van der Waals surface area (Å²) in [5.41, 5.74) is 6.73. The molecule has 0 saturated carbocycles. The van der Waals surface area contributed by atoms with Gasteiger partial charge in [-0.15, -0.1) is 5.10 Å². The van der Waals surface area contributed by atoms with E-state index in [2.05, 4.69) is 36.9 Å². The summed E-state index contributed by atoms with van der Waals surface area (Å²) in [5.74, 6) is 1.31. The number of methoxy groups -OCH3 is 1. The van der Waals surface area contributed by atoms with Crippen molar-refractivity contribution in [1.82, 2.24) is 20.5 Å². The third kappa shape index (κ3) is 4.38. The lowest BCUT2D eigenvalue weighted by molar-refractivity contribution is -0.121. The molecule has 1 aliphatic heterocycles. The fourth-order valence-electron chi connectivity index (χ4n) is 3.53. The Labute approximate surface area is 169 Å². The Hall–Kier alpha value is -3.39. The number of fused-ring (bicyclic) bond motifs is 1. The molecule has 0 spiro atoms. The first-order valence-corrected chi connectivity index (χ1v) is 9.60. The standard InChI is InChI=1S/C21H24N6O2/c1-29-19-9-5-4-8-18(19)27-12-10-26(11-13-27)15-20(28)23-25-21-17-7-3-2-6-16(17)14-22-24-21/h2-9,14H,10-13,15H2,1H3,(H,23,28)(H,24,25). The second-order valence-corrected chi connectivity index (χ2v) is 6.89. The first-order chi connectivity index (χ1) is 14.2. The van der Waals surface area contributed by atoms with E-state index < -0.39 is 0 Å². The van der Waals surface area contributed by atoms with Crippen molar-refractivity contribution in [3.63, 3.8) is 0 Å². The lowest BCUT2D eigenvalue weighted by Gasteiger charge is -2.36. The highest BCUT2D eigenvalue weighted by molar-refractivity contribution is 5.91. The summed E-state index contributed by atoms with van der Waals surface area (Å²) in [6.07, 6.45) is 1.70. The van der Waals surface area contributed by atoms with Crippen LogP contribution in [-0.4, -0.2) is 60.8 Å². The number of nitrogens with zero attached hydrogens (tertiary/aromatic N) is 4. The Balaban J connectivity index is 1.29. The molecule has 0 unspecified atom stereocenters. The van der Waals surface area contributed by atoms with Gasteiger partial charge >= 0.3 is 0 Å². The van der Waals surface area contributed by atoms with Crippen LogP contribution >= 0.6 is 0 Å². The van der Waals surface area contributed by atoms with Gasteiger partial charge in [-0.1, -0.05) is 36.4 Å². The van der Waals surface area contributed by atoms with Gasteiger partial charge in [0.1, 0.15) is 5.75 Å². The van der Waals surface area contributed by atoms with Gasteiger partial charge in [0.25, 0.3) is 5.91 Å². The molecule has 0 bridgehead atoms. The van der Waals surface area contributed by atoms with Crippen molar-refractivity contribution >= 4 is 28.2 Å². The van der Waals surface area contributed by atoms with Crippen molar-refractivity contribution in [1.29, 1.82) is 0 Å². The summed E-state index contributed by atoms with van der Waals surface area (Å²) in [6, 6.07) is 15.8. The monoisotopic (exact) mass is 392 g/mol. The number of hydrogen-bond acceptors (Lipinski definition) is 7. The number of aromatic nitrogens is 2. The number of rotatable bonds is 6. The lowest BCUT2D eigenvalue weighted by atomic mass is 10.2. The van der Waals surface area contributed by atoms with Crippen molar-refractivity contribution in [2.75, 3.05) is 50.2 Å². The lowest BCUT2D eigenvalue weighted by Crippen LogP contribution is -2.50. The third-order valence-corrected chi connectivity index (χ3v) is 5.06. The zero-order valence-corrected chi connectivity index (χ0v) is 16.3. The number of carbonyl (C=O) groups excluding carboxylic acids is 1. The summed E-state index contributed by atoms with van der Waals surface area (Å²) in [7, 11) is 1.69. The highest BCUT2D eigenvalue weighted by Gasteiger charge is 2.21. The molecule has 0 radical (unpaired) electrons. The van der Waals surface area contributed by atoms with Crippen LogP contribution in [0.2, 0.25) is 0 Å². The van der Waals surface area contributed by atoms with Crippen LogP contribution in [0.15, 0.2) is 54.7 Å². The summed E-state index contributed by atoms with van der Waals surface area (Å²) in [4.78, 5) is 16.8. The van der Waals surface area contributed by atoms with E-state index in [1.165, 1.54) is 0 Å². The fraction of sp³-hybridized carbons (Fsp3) is 0.286. The Bertz CT molecular complexity index is 982. The predicted molar refractivity (Wildman–Crippen MR) is 113 cm³/mol. The largest absolute Gasteiger partial charge is 0.495 e. The quantitative estimate of drug-likeness (QED) is 0.620. The molecular formula is C21H24N6O2. The molecule has 3 aromatic rings. The normalized spacial score (nSPS) is 14.6. The molecule has 4 rings (SSSR count). The van der Waals surface area contributed by atoms with Crippen LogP contribution in [0.25, 0.3) is 10.8 Å². The highest BCUT2D eigenvalue weighted by atomic mass is 16.5. The van der Waals surface area contributed by atoms with Crippen molar-refractivity contribution in [2.24, 2.45) is 0 Å². The Morgan fingerprint density at radius 2 is 1.83 bits per heavy atom. The minimum atomic E-state index is -0.106. The number of piperazine rings is 1. The van der Waals surface area contributed by atoms with E-state index in [4.69, 9.17) is 4.74 Å². The predicted octanol–water partition coefficient (Wildman–Crippen LogP) is 1.90. The number of amides is 1. The Morgan fingerprint density at radius 3 is 2.66 bits per heavy atom. The van der Waals surface area contributed by atoms with Crippen LogP contribution in [0.4, 0.5) is 11.5 Å². The van der Waals surface area contributed by atoms with Crippen LogP contribution < -0.4 is 20.5 Å². The van der Waals surface area contributed by atoms with Crippen LogP contribution in [0.1, 0.15) is 0 Å². The molecule has 8 heteroatoms. The van der Waals surface area contributed by atoms with E-state index in [1.807, 2.05) is 42.5 Å². The van der Waals surface area contributed by atoms with E-state index in [0.29, 0.717) is 12.4 Å². The topological polar surface area (TPSA) is 82.6 Å². The number of para-hydroxylation sites is 2. The molecule has 1 saturated heterocycles. The zero-order valence-electron chi connectivity index (χ0n) is 16.3. The molecule has 0 aliphatic carbocycles. The van der Waals surface area contributed by atoms with Crippen molar-refractivity contribution in [3.8, 4) is 5.75 Å². The average Bonchev–Trinajstić information content (AvgIpc) is 2.78. The smallest absolute Gasteiger partial charge is 0.252 e. The number of carbonyl (C=O) groups is 1. The number of ether oxygens (including phenoxy) is 1. The molecule has 29 heavy (non-hydrogen) atoms. The minimum Gasteiger partial charge on any atom is -0.495 e. The summed E-state index contributed by atoms with van der Waals surface area (Å²) in [5, 5.41) is 9.92. The van der Waals surface area contributed by atoms with Gasteiger partial charge < -0.3 is 9.64 Å². The number of benzene rings is 2. The molecule has 2 aromatic carbocycles. The van der Waals surface area contributed by atoms with E-state index in [9.17, 15) is 4.79 Å². The van der Waals surface area contributed by atoms with Gasteiger partial charge in [0.2, 0.25) is 0 Å². The summed E-state index contributed by atoms with van der Waals surface area (Å²) in [6.45, 7) is 3.62. The van der Waals surface area contributed by atoms with Crippen molar-refractivity contribution in [2.45, 2.75) is 0 Å². The highest BCUT2D eigenvalue weighted by Crippen LogP contribution is 2.28. The average molecular weight is 392 g/mol. The van der Waals surface area contributed by atoms with Crippen molar-refractivity contribution in [3.05, 3.63) is 54.7 Å². The van der Waals surface area contributed by atoms with E-state index in [1.54, 1.807) is 13.3 Å². The van der Waals surface area contributed by atoms with Crippen molar-refractivity contribution < 1.29 is 9.53 Å². The van der Waals surface area contributed by atoms with Gasteiger partial charge in [-0.3, -0.25) is 20.5 Å². The molecule has 1 aliphatic rings. The van der Waals surface area contributed by atoms with E-state index >= 15 is 0 Å². The number of anilines is 2. The van der Waals surface area contributed by atoms with Crippen LogP contribution in [0.3, 0.4) is 0 Å². The van der Waals surface area contributed by atoms with E-state index in [0.717, 1.165) is 48.4 Å². The van der Waals surface area contributed by atoms with Gasteiger partial charge in [-0.2, -0.15) is 5.10 Å². The molecule has 1 aromatic heterocycles. The molecular weight excluding hydrogens is 368 g/mol. The molecule has 0 atom stereocenters. The first-order valence-electron chi connectivity index (χ1n) is 9.60. The SMILES string of the molecule is COc1ccccc1N1CCN(CC(=O)NNc2nncc3ccccc23)CC1. The molecule has 8 nitrogen and oxygen atoms in total. The number of hydrazine groups is 1. The maximum Gasteiger partial charge on any atom is 0.252 e. The minimum absolute atomic E-state index is 0.106. The van der Waals surface area contributed by atoms with Gasteiger partial charge in [0.05, 0.1) is 25.5 Å². The second-order valence-electron chi connectivity index (χ2n) is 6.89. The number of hydrogen-bond donors (Lipinski definition) is 2. The number of nitrogens with one attached hydrogen (secondary N) is 2. The second kappa shape index (κ2) is 8.74. The van der Waals surface area contributed by atoms with E-state index in [-0.39, 0.29) is 5.91 Å². The molecule has 2 heterocycles. The molecule has 2 N–H and O–H groups in total. The fourth-order valence-corrected chi connectivity index (χ4v) is 3.53.